The van der Waals surface area contributed by atoms with E-state index in [1.807, 2.05) is 0 Å². The van der Waals surface area contributed by atoms with Gasteiger partial charge >= 0.3 is 0 Å². The van der Waals surface area contributed by atoms with Crippen LogP contribution in [0.2, 0.25) is 0 Å². The molecule has 1 aromatic rings. The highest BCUT2D eigenvalue weighted by molar-refractivity contribution is 5.76. The monoisotopic (exact) mass is 268 g/mol. The lowest BCUT2D eigenvalue weighted by Gasteiger charge is -2.19. The Bertz CT molecular complexity index is 459. The van der Waals surface area contributed by atoms with Crippen molar-refractivity contribution in [1.82, 2.24) is 10.2 Å². The molecular weight excluding hydrogens is 250 g/mol. The second-order valence-corrected chi connectivity index (χ2v) is 5.06. The summed E-state index contributed by atoms with van der Waals surface area (Å²) >= 11 is 0. The Labute approximate surface area is 111 Å². The Morgan fingerprint density at radius 3 is 2.84 bits per heavy atom. The van der Waals surface area contributed by atoms with Crippen LogP contribution in [0.15, 0.2) is 18.2 Å². The lowest BCUT2D eigenvalue weighted by molar-refractivity contribution is -0.131. The van der Waals surface area contributed by atoms with Gasteiger partial charge in [0, 0.05) is 20.0 Å². The highest BCUT2D eigenvalue weighted by Crippen LogP contribution is 2.15. The lowest BCUT2D eigenvalue weighted by atomic mass is 10.0. The number of carbonyl (C=O) groups excluding carboxylic acids is 1. The average molecular weight is 268 g/mol. The summed E-state index contributed by atoms with van der Waals surface area (Å²) in [6.45, 7) is 2.14. The van der Waals surface area contributed by atoms with Gasteiger partial charge in [-0.05, 0) is 43.1 Å². The van der Waals surface area contributed by atoms with Crippen molar-refractivity contribution in [1.29, 1.82) is 0 Å². The molecule has 0 aromatic heterocycles. The summed E-state index contributed by atoms with van der Waals surface area (Å²) in [6, 6.07) is 3.72. The number of hydrogen-bond donors (Lipinski definition) is 1. The maximum Gasteiger partial charge on any atom is 0.222 e. The Kier molecular flexibility index (Phi) is 4.47. The van der Waals surface area contributed by atoms with Gasteiger partial charge in [0.05, 0.1) is 0 Å². The maximum atomic E-state index is 13.1. The zero-order valence-corrected chi connectivity index (χ0v) is 11.0. The quantitative estimate of drug-likeness (QED) is 0.905. The Morgan fingerprint density at radius 2 is 2.21 bits per heavy atom. The van der Waals surface area contributed by atoms with Crippen LogP contribution in [0.1, 0.15) is 18.4 Å². The number of hydrogen-bond acceptors (Lipinski definition) is 2. The molecule has 1 aliphatic rings. The van der Waals surface area contributed by atoms with E-state index in [0.717, 1.165) is 31.6 Å². The first-order chi connectivity index (χ1) is 9.06. The van der Waals surface area contributed by atoms with E-state index in [0.29, 0.717) is 24.4 Å². The fraction of sp³-hybridized carbons (Fsp3) is 0.500. The van der Waals surface area contributed by atoms with Crippen LogP contribution in [0, 0.1) is 17.6 Å². The normalized spacial score (nSPS) is 18.6. The number of nitrogens with one attached hydrogen (secondary N) is 1. The van der Waals surface area contributed by atoms with Gasteiger partial charge in [-0.1, -0.05) is 6.07 Å². The predicted octanol–water partition coefficient (Wildman–Crippen LogP) is 1.92. The molecule has 1 atom stereocenters. The van der Waals surface area contributed by atoms with Crippen LogP contribution >= 0.6 is 0 Å². The third-order valence-corrected chi connectivity index (χ3v) is 3.46. The molecule has 1 N–H and O–H groups in total. The number of halogens is 2. The predicted molar refractivity (Wildman–Crippen MR) is 68.4 cm³/mol. The molecule has 0 saturated carbocycles. The van der Waals surface area contributed by atoms with Crippen molar-refractivity contribution < 1.29 is 13.6 Å². The smallest absolute Gasteiger partial charge is 0.222 e. The van der Waals surface area contributed by atoms with Crippen molar-refractivity contribution in [2.24, 2.45) is 5.92 Å². The number of nitrogens with zero attached hydrogens (tertiary/aromatic N) is 1. The Balaban J connectivity index is 1.90. The molecule has 0 aliphatic carbocycles. The number of rotatable bonds is 4. The van der Waals surface area contributed by atoms with Crippen LogP contribution < -0.4 is 5.32 Å². The third kappa shape index (κ3) is 3.73. The highest BCUT2D eigenvalue weighted by atomic mass is 19.2. The minimum Gasteiger partial charge on any atom is -0.341 e. The van der Waals surface area contributed by atoms with Crippen molar-refractivity contribution in [3.05, 3.63) is 35.4 Å². The van der Waals surface area contributed by atoms with Crippen molar-refractivity contribution in [3.63, 3.8) is 0 Å². The van der Waals surface area contributed by atoms with Crippen molar-refractivity contribution in [2.45, 2.75) is 19.4 Å². The van der Waals surface area contributed by atoms with Gasteiger partial charge in [-0.15, -0.1) is 0 Å². The molecule has 1 saturated heterocycles. The lowest BCUT2D eigenvalue weighted by Crippen LogP contribution is -2.28. The second-order valence-electron chi connectivity index (χ2n) is 5.06. The first kappa shape index (κ1) is 13.9. The molecule has 1 fully saturated rings. The molecule has 19 heavy (non-hydrogen) atoms. The van der Waals surface area contributed by atoms with E-state index in [1.54, 1.807) is 11.9 Å². The minimum atomic E-state index is -0.877. The Hall–Kier alpha value is -1.49. The molecule has 3 nitrogen and oxygen atoms in total. The van der Waals surface area contributed by atoms with Crippen molar-refractivity contribution >= 4 is 5.91 Å². The van der Waals surface area contributed by atoms with Crippen LogP contribution in [-0.2, 0) is 11.3 Å². The van der Waals surface area contributed by atoms with Gasteiger partial charge in [-0.2, -0.15) is 0 Å². The fourth-order valence-electron chi connectivity index (χ4n) is 2.29. The molecular formula is C14H18F2N2O. The summed E-state index contributed by atoms with van der Waals surface area (Å²) < 4.78 is 25.9. The van der Waals surface area contributed by atoms with Gasteiger partial charge in [0.25, 0.3) is 0 Å². The van der Waals surface area contributed by atoms with E-state index in [2.05, 4.69) is 5.32 Å². The summed E-state index contributed by atoms with van der Waals surface area (Å²) in [5.74, 6) is -1.31. The fourth-order valence-corrected chi connectivity index (χ4v) is 2.29. The molecule has 2 rings (SSSR count). The van der Waals surface area contributed by atoms with Gasteiger partial charge in [0.1, 0.15) is 0 Å². The second kappa shape index (κ2) is 6.10. The summed E-state index contributed by atoms with van der Waals surface area (Å²) in [4.78, 5) is 13.5. The van der Waals surface area contributed by atoms with Crippen LogP contribution in [0.3, 0.4) is 0 Å². The molecule has 1 aromatic carbocycles. The summed E-state index contributed by atoms with van der Waals surface area (Å²) in [5, 5.41) is 3.22. The van der Waals surface area contributed by atoms with Gasteiger partial charge in [-0.3, -0.25) is 4.79 Å². The topological polar surface area (TPSA) is 32.3 Å². The molecule has 0 radical (unpaired) electrons. The zero-order valence-electron chi connectivity index (χ0n) is 11.0. The van der Waals surface area contributed by atoms with E-state index in [9.17, 15) is 13.6 Å². The van der Waals surface area contributed by atoms with E-state index in [-0.39, 0.29) is 5.91 Å². The van der Waals surface area contributed by atoms with Gasteiger partial charge in [-0.25, -0.2) is 8.78 Å². The van der Waals surface area contributed by atoms with Crippen LogP contribution in [0.4, 0.5) is 8.78 Å². The largest absolute Gasteiger partial charge is 0.341 e. The van der Waals surface area contributed by atoms with Crippen LogP contribution in [-0.4, -0.2) is 30.9 Å². The first-order valence-corrected chi connectivity index (χ1v) is 6.45. The maximum absolute atomic E-state index is 13.1. The SMILES string of the molecule is CN(Cc1ccc(F)c(F)c1)C(=O)CC1CCNC1. The summed E-state index contributed by atoms with van der Waals surface area (Å²) in [5.41, 5.74) is 0.597. The molecule has 5 heteroatoms. The summed E-state index contributed by atoms with van der Waals surface area (Å²) in [7, 11) is 1.69. The van der Waals surface area contributed by atoms with Gasteiger partial charge in [0.2, 0.25) is 5.91 Å². The molecule has 0 bridgehead atoms. The van der Waals surface area contributed by atoms with Crippen LogP contribution in [0.25, 0.3) is 0 Å². The zero-order chi connectivity index (χ0) is 13.8. The summed E-state index contributed by atoms with van der Waals surface area (Å²) in [6.07, 6.45) is 1.53. The van der Waals surface area contributed by atoms with Crippen molar-refractivity contribution in [2.75, 3.05) is 20.1 Å². The average Bonchev–Trinajstić information content (AvgIpc) is 2.86. The van der Waals surface area contributed by atoms with Crippen molar-refractivity contribution in [3.8, 4) is 0 Å². The van der Waals surface area contributed by atoms with Crippen LogP contribution in [0.5, 0.6) is 0 Å². The van der Waals surface area contributed by atoms with E-state index in [1.165, 1.54) is 6.07 Å². The minimum absolute atomic E-state index is 0.0402. The first-order valence-electron chi connectivity index (χ1n) is 6.45. The van der Waals surface area contributed by atoms with E-state index < -0.39 is 11.6 Å². The number of amides is 1. The van der Waals surface area contributed by atoms with Gasteiger partial charge in [0.15, 0.2) is 11.6 Å². The van der Waals surface area contributed by atoms with Gasteiger partial charge < -0.3 is 10.2 Å². The molecule has 1 amide bonds. The highest BCUT2D eigenvalue weighted by Gasteiger charge is 2.20. The Morgan fingerprint density at radius 1 is 1.42 bits per heavy atom. The molecule has 1 heterocycles. The molecule has 0 spiro atoms. The molecule has 1 aliphatic heterocycles. The number of carbonyl (C=O) groups is 1. The number of benzene rings is 1. The van der Waals surface area contributed by atoms with E-state index in [4.69, 9.17) is 0 Å². The standard InChI is InChI=1S/C14H18F2N2O/c1-18(14(19)7-10-4-5-17-8-10)9-11-2-3-12(15)13(16)6-11/h2-3,6,10,17H,4-5,7-9H2,1H3. The molecule has 1 unspecified atom stereocenters. The molecule has 104 valence electrons. The van der Waals surface area contributed by atoms with E-state index >= 15 is 0 Å². The third-order valence-electron chi connectivity index (χ3n) is 3.46.